The highest BCUT2D eigenvalue weighted by Crippen LogP contribution is 2.28. The summed E-state index contributed by atoms with van der Waals surface area (Å²) < 4.78 is 0. The Hall–Kier alpha value is -1.31. The maximum absolute atomic E-state index is 11.9. The van der Waals surface area contributed by atoms with Crippen molar-refractivity contribution in [2.45, 2.75) is 51.9 Å². The van der Waals surface area contributed by atoms with Crippen molar-refractivity contribution in [2.24, 2.45) is 5.92 Å². The summed E-state index contributed by atoms with van der Waals surface area (Å²) >= 11 is 0. The minimum atomic E-state index is 0.169. The van der Waals surface area contributed by atoms with Crippen LogP contribution in [0.1, 0.15) is 51.0 Å². The zero-order valence-electron chi connectivity index (χ0n) is 11.2. The van der Waals surface area contributed by atoms with Gasteiger partial charge in [-0.15, -0.1) is 0 Å². The number of carbonyl (C=O) groups is 1. The normalized spacial score (nSPS) is 15.8. The second kappa shape index (κ2) is 6.58. The van der Waals surface area contributed by atoms with Crippen molar-refractivity contribution in [3.05, 3.63) is 29.8 Å². The second-order valence-electron chi connectivity index (χ2n) is 5.25. The van der Waals surface area contributed by atoms with Gasteiger partial charge in [0.25, 0.3) is 0 Å². The fourth-order valence-corrected chi connectivity index (χ4v) is 2.80. The molecule has 1 aliphatic carbocycles. The molecule has 1 aromatic carbocycles. The minimum absolute atomic E-state index is 0.169. The molecule has 0 saturated heterocycles. The van der Waals surface area contributed by atoms with Crippen LogP contribution in [-0.4, -0.2) is 5.91 Å². The molecule has 0 heterocycles. The highest BCUT2D eigenvalue weighted by atomic mass is 16.1. The van der Waals surface area contributed by atoms with Gasteiger partial charge in [0.1, 0.15) is 0 Å². The fraction of sp³-hybridized carbons (Fsp3) is 0.562. The van der Waals surface area contributed by atoms with E-state index in [9.17, 15) is 4.79 Å². The molecule has 0 spiro atoms. The SMILES string of the molecule is CCc1ccccc1NC(=O)CCC1CCCC1. The third-order valence-corrected chi connectivity index (χ3v) is 3.93. The maximum Gasteiger partial charge on any atom is 0.224 e. The van der Waals surface area contributed by atoms with Crippen molar-refractivity contribution < 1.29 is 4.79 Å². The van der Waals surface area contributed by atoms with Gasteiger partial charge >= 0.3 is 0 Å². The Kier molecular flexibility index (Phi) is 4.80. The summed E-state index contributed by atoms with van der Waals surface area (Å²) in [6, 6.07) is 8.07. The van der Waals surface area contributed by atoms with Crippen LogP contribution in [-0.2, 0) is 11.2 Å². The Labute approximate surface area is 110 Å². The van der Waals surface area contributed by atoms with Gasteiger partial charge in [-0.05, 0) is 30.4 Å². The molecule has 1 N–H and O–H groups in total. The molecule has 0 atom stereocenters. The highest BCUT2D eigenvalue weighted by molar-refractivity contribution is 5.91. The molecular formula is C16H23NO. The van der Waals surface area contributed by atoms with Gasteiger partial charge in [-0.2, -0.15) is 0 Å². The summed E-state index contributed by atoms with van der Waals surface area (Å²) in [7, 11) is 0. The molecule has 1 amide bonds. The largest absolute Gasteiger partial charge is 0.326 e. The molecule has 98 valence electrons. The highest BCUT2D eigenvalue weighted by Gasteiger charge is 2.16. The zero-order chi connectivity index (χ0) is 12.8. The average molecular weight is 245 g/mol. The first-order chi connectivity index (χ1) is 8.79. The summed E-state index contributed by atoms with van der Waals surface area (Å²) in [6.45, 7) is 2.11. The maximum atomic E-state index is 11.9. The molecule has 0 radical (unpaired) electrons. The first-order valence-corrected chi connectivity index (χ1v) is 7.17. The van der Waals surface area contributed by atoms with Crippen LogP contribution in [0.25, 0.3) is 0 Å². The zero-order valence-corrected chi connectivity index (χ0v) is 11.2. The van der Waals surface area contributed by atoms with Gasteiger partial charge in [-0.3, -0.25) is 4.79 Å². The van der Waals surface area contributed by atoms with Gasteiger partial charge in [-0.1, -0.05) is 50.8 Å². The minimum Gasteiger partial charge on any atom is -0.326 e. The van der Waals surface area contributed by atoms with Gasteiger partial charge in [0.15, 0.2) is 0 Å². The number of hydrogen-bond acceptors (Lipinski definition) is 1. The van der Waals surface area contributed by atoms with Gasteiger partial charge in [0.05, 0.1) is 0 Å². The number of nitrogens with one attached hydrogen (secondary N) is 1. The molecule has 0 unspecified atom stereocenters. The second-order valence-corrected chi connectivity index (χ2v) is 5.25. The average Bonchev–Trinajstić information content (AvgIpc) is 2.90. The predicted molar refractivity (Wildman–Crippen MR) is 75.6 cm³/mol. The fourth-order valence-electron chi connectivity index (χ4n) is 2.80. The van der Waals surface area contributed by atoms with Crippen LogP contribution < -0.4 is 5.32 Å². The molecule has 2 rings (SSSR count). The summed E-state index contributed by atoms with van der Waals surface area (Å²) in [5.74, 6) is 0.958. The van der Waals surface area contributed by atoms with E-state index in [4.69, 9.17) is 0 Å². The summed E-state index contributed by atoms with van der Waals surface area (Å²) in [5, 5.41) is 3.05. The van der Waals surface area contributed by atoms with Crippen molar-refractivity contribution >= 4 is 11.6 Å². The molecule has 2 nitrogen and oxygen atoms in total. The van der Waals surface area contributed by atoms with Crippen molar-refractivity contribution in [2.75, 3.05) is 5.32 Å². The van der Waals surface area contributed by atoms with Crippen molar-refractivity contribution in [3.8, 4) is 0 Å². The topological polar surface area (TPSA) is 29.1 Å². The Bertz CT molecular complexity index is 394. The van der Waals surface area contributed by atoms with Gasteiger partial charge < -0.3 is 5.32 Å². The Morgan fingerprint density at radius 1 is 1.28 bits per heavy atom. The summed E-state index contributed by atoms with van der Waals surface area (Å²) in [4.78, 5) is 11.9. The van der Waals surface area contributed by atoms with E-state index in [1.54, 1.807) is 0 Å². The molecule has 1 fully saturated rings. The van der Waals surface area contributed by atoms with E-state index in [2.05, 4.69) is 18.3 Å². The van der Waals surface area contributed by atoms with E-state index in [-0.39, 0.29) is 5.91 Å². The predicted octanol–water partition coefficient (Wildman–Crippen LogP) is 4.16. The van der Waals surface area contributed by atoms with Crippen molar-refractivity contribution in [1.82, 2.24) is 0 Å². The monoisotopic (exact) mass is 245 g/mol. The number of para-hydroxylation sites is 1. The quantitative estimate of drug-likeness (QED) is 0.829. The van der Waals surface area contributed by atoms with Crippen LogP contribution in [0.4, 0.5) is 5.69 Å². The first-order valence-electron chi connectivity index (χ1n) is 7.17. The lowest BCUT2D eigenvalue weighted by Gasteiger charge is -2.11. The van der Waals surface area contributed by atoms with Gasteiger partial charge in [0, 0.05) is 12.1 Å². The van der Waals surface area contributed by atoms with Crippen LogP contribution in [0.15, 0.2) is 24.3 Å². The Morgan fingerprint density at radius 2 is 2.00 bits per heavy atom. The number of carbonyl (C=O) groups excluding carboxylic acids is 1. The molecule has 1 aliphatic rings. The molecule has 0 bridgehead atoms. The number of hydrogen-bond donors (Lipinski definition) is 1. The van der Waals surface area contributed by atoms with Crippen LogP contribution in [0, 0.1) is 5.92 Å². The van der Waals surface area contributed by atoms with E-state index in [1.807, 2.05) is 18.2 Å². The van der Waals surface area contributed by atoms with Crippen molar-refractivity contribution in [1.29, 1.82) is 0 Å². The standard InChI is InChI=1S/C16H23NO/c1-2-14-9-5-6-10-15(14)17-16(18)12-11-13-7-3-4-8-13/h5-6,9-10,13H,2-4,7-8,11-12H2,1H3,(H,17,18). The lowest BCUT2D eigenvalue weighted by Crippen LogP contribution is -2.13. The number of anilines is 1. The third kappa shape index (κ3) is 3.59. The molecule has 0 aromatic heterocycles. The molecule has 0 aliphatic heterocycles. The first kappa shape index (κ1) is 13.1. The third-order valence-electron chi connectivity index (χ3n) is 3.93. The van der Waals surface area contributed by atoms with E-state index >= 15 is 0 Å². The van der Waals surface area contributed by atoms with Crippen LogP contribution >= 0.6 is 0 Å². The van der Waals surface area contributed by atoms with Crippen LogP contribution in [0.3, 0.4) is 0 Å². The Morgan fingerprint density at radius 3 is 2.72 bits per heavy atom. The lowest BCUT2D eigenvalue weighted by molar-refractivity contribution is -0.116. The number of rotatable bonds is 5. The van der Waals surface area contributed by atoms with Gasteiger partial charge in [0.2, 0.25) is 5.91 Å². The molecule has 2 heteroatoms. The number of benzene rings is 1. The van der Waals surface area contributed by atoms with E-state index in [1.165, 1.54) is 31.2 Å². The lowest BCUT2D eigenvalue weighted by atomic mass is 10.0. The van der Waals surface area contributed by atoms with Gasteiger partial charge in [-0.25, -0.2) is 0 Å². The number of amides is 1. The van der Waals surface area contributed by atoms with E-state index in [0.717, 1.165) is 24.4 Å². The summed E-state index contributed by atoms with van der Waals surface area (Å²) in [6.07, 6.45) is 8.02. The smallest absolute Gasteiger partial charge is 0.224 e. The molecule has 18 heavy (non-hydrogen) atoms. The molecule has 1 aromatic rings. The molecular weight excluding hydrogens is 222 g/mol. The molecule has 1 saturated carbocycles. The summed E-state index contributed by atoms with van der Waals surface area (Å²) in [5.41, 5.74) is 2.20. The van der Waals surface area contributed by atoms with Crippen molar-refractivity contribution in [3.63, 3.8) is 0 Å². The Balaban J connectivity index is 1.82. The van der Waals surface area contributed by atoms with Crippen LogP contribution in [0.5, 0.6) is 0 Å². The van der Waals surface area contributed by atoms with E-state index in [0.29, 0.717) is 6.42 Å². The van der Waals surface area contributed by atoms with Crippen LogP contribution in [0.2, 0.25) is 0 Å². The van der Waals surface area contributed by atoms with E-state index < -0.39 is 0 Å². The number of aryl methyl sites for hydroxylation is 1.